The summed E-state index contributed by atoms with van der Waals surface area (Å²) in [4.78, 5) is 10.7. The quantitative estimate of drug-likeness (QED) is 0.731. The maximum Gasteiger partial charge on any atom is 0.177 e. The number of aliphatic imine (C=N–C) groups is 1. The first kappa shape index (κ1) is 21.3. The first-order valence-corrected chi connectivity index (χ1v) is 10.2. The van der Waals surface area contributed by atoms with E-state index in [9.17, 15) is 15.5 Å². The minimum atomic E-state index is -0.690. The summed E-state index contributed by atoms with van der Waals surface area (Å²) in [5.74, 6) is 0.565. The van der Waals surface area contributed by atoms with E-state index >= 15 is 0 Å². The van der Waals surface area contributed by atoms with Crippen LogP contribution in [0.1, 0.15) is 16.8 Å². The lowest BCUT2D eigenvalue weighted by atomic mass is 9.97. The molecule has 0 amide bonds. The van der Waals surface area contributed by atoms with Gasteiger partial charge in [0.15, 0.2) is 10.8 Å². The van der Waals surface area contributed by atoms with E-state index in [1.807, 2.05) is 30.0 Å². The Morgan fingerprint density at radius 1 is 1.42 bits per heavy atom. The number of nitriles is 1. The van der Waals surface area contributed by atoms with Gasteiger partial charge in [-0.15, -0.1) is 0 Å². The molecule has 2 unspecified atom stereocenters. The highest BCUT2D eigenvalue weighted by Gasteiger charge is 2.40. The number of β-amino-alcohol motifs (C(OH)–C–C–N with tert-alkyl or cyclic N) is 1. The van der Waals surface area contributed by atoms with Gasteiger partial charge < -0.3 is 15.1 Å². The van der Waals surface area contributed by atoms with Crippen molar-refractivity contribution in [2.24, 2.45) is 4.99 Å². The number of rotatable bonds is 4. The average molecular weight is 457 g/mol. The largest absolute Gasteiger partial charge is 0.394 e. The minimum Gasteiger partial charge on any atom is -0.394 e. The molecule has 2 aromatic rings. The summed E-state index contributed by atoms with van der Waals surface area (Å²) in [6, 6.07) is 1.52. The van der Waals surface area contributed by atoms with Crippen LogP contribution in [0.5, 0.6) is 0 Å². The molecule has 10 heteroatoms. The van der Waals surface area contributed by atoms with Crippen LogP contribution < -0.4 is 4.90 Å². The van der Waals surface area contributed by atoms with Gasteiger partial charge in [0.05, 0.1) is 30.2 Å². The molecule has 1 saturated heterocycles. The summed E-state index contributed by atoms with van der Waals surface area (Å²) in [5.41, 5.74) is 3.15. The van der Waals surface area contributed by atoms with Crippen LogP contribution in [0.3, 0.4) is 0 Å². The first-order valence-electron chi connectivity index (χ1n) is 9.40. The van der Waals surface area contributed by atoms with Crippen LogP contribution in [0, 0.1) is 18.3 Å². The minimum absolute atomic E-state index is 0.0308. The summed E-state index contributed by atoms with van der Waals surface area (Å²) in [7, 11) is 0. The molecule has 31 heavy (non-hydrogen) atoms. The average Bonchev–Trinajstić information content (AvgIpc) is 3.03. The molecule has 2 N–H and O–H groups in total. The molecule has 0 radical (unpaired) electrons. The lowest BCUT2D eigenvalue weighted by Crippen LogP contribution is -2.62. The van der Waals surface area contributed by atoms with Crippen molar-refractivity contribution < 1.29 is 10.2 Å². The highest BCUT2D eigenvalue weighted by Crippen LogP contribution is 2.35. The van der Waals surface area contributed by atoms with Crippen molar-refractivity contribution in [3.63, 3.8) is 0 Å². The zero-order chi connectivity index (χ0) is 22.3. The van der Waals surface area contributed by atoms with Crippen LogP contribution in [0.15, 0.2) is 46.6 Å². The molecule has 0 aromatic carbocycles. The fraction of sp³-hybridized carbons (Fsp3) is 0.238. The molecule has 1 fully saturated rings. The maximum absolute atomic E-state index is 10.1. The highest BCUT2D eigenvalue weighted by atomic mass is 35.5. The normalized spacial score (nSPS) is 23.2. The molecule has 1 aliphatic carbocycles. The number of fused-ring (bicyclic) bond motifs is 1. The van der Waals surface area contributed by atoms with Crippen molar-refractivity contribution >= 4 is 46.5 Å². The molecule has 1 aliphatic heterocycles. The second-order valence-electron chi connectivity index (χ2n) is 7.08. The number of hydrogen-bond acceptors (Lipinski definition) is 7. The predicted molar refractivity (Wildman–Crippen MR) is 120 cm³/mol. The zero-order valence-electron chi connectivity index (χ0n) is 16.5. The number of halogens is 2. The Bertz CT molecular complexity index is 1250. The van der Waals surface area contributed by atoms with Gasteiger partial charge in [-0.2, -0.15) is 14.9 Å². The molecule has 0 bridgehead atoms. The van der Waals surface area contributed by atoms with E-state index in [-0.39, 0.29) is 23.9 Å². The summed E-state index contributed by atoms with van der Waals surface area (Å²) in [6.07, 6.45) is 7.90. The van der Waals surface area contributed by atoms with Gasteiger partial charge in [-0.05, 0) is 25.2 Å². The Hall–Kier alpha value is -2.96. The third-order valence-corrected chi connectivity index (χ3v) is 5.74. The molecule has 0 saturated carbocycles. The third kappa shape index (κ3) is 3.56. The van der Waals surface area contributed by atoms with Gasteiger partial charge in [-0.3, -0.25) is 4.99 Å². The van der Waals surface area contributed by atoms with Gasteiger partial charge in [-0.1, -0.05) is 35.9 Å². The molecule has 4 rings (SSSR count). The van der Waals surface area contributed by atoms with Crippen molar-refractivity contribution in [3.05, 3.63) is 63.6 Å². The SMILES string of the molecule is C=CN=C1C=C(Cl)C=C/C1=C\c1c(C)nc2c(C#N)c(Cl)nn2c1N1CC(O)C1CO. The van der Waals surface area contributed by atoms with Crippen LogP contribution in [0.4, 0.5) is 5.82 Å². The van der Waals surface area contributed by atoms with Crippen LogP contribution in [-0.2, 0) is 0 Å². The van der Waals surface area contributed by atoms with Gasteiger partial charge in [0, 0.05) is 28.9 Å². The summed E-state index contributed by atoms with van der Waals surface area (Å²) >= 11 is 12.3. The van der Waals surface area contributed by atoms with Gasteiger partial charge in [0.25, 0.3) is 0 Å². The van der Waals surface area contributed by atoms with Crippen molar-refractivity contribution in [2.45, 2.75) is 19.1 Å². The van der Waals surface area contributed by atoms with E-state index in [1.165, 1.54) is 10.7 Å². The van der Waals surface area contributed by atoms with Gasteiger partial charge in [-0.25, -0.2) is 4.98 Å². The first-order chi connectivity index (χ1) is 14.9. The summed E-state index contributed by atoms with van der Waals surface area (Å²) < 4.78 is 1.48. The lowest BCUT2D eigenvalue weighted by Gasteiger charge is -2.46. The summed E-state index contributed by atoms with van der Waals surface area (Å²) in [5, 5.41) is 34.3. The topological polar surface area (TPSA) is 110 Å². The second kappa shape index (κ2) is 8.29. The number of nitrogens with zero attached hydrogens (tertiary/aromatic N) is 6. The number of aromatic nitrogens is 3. The number of aliphatic hydroxyl groups excluding tert-OH is 2. The predicted octanol–water partition coefficient (Wildman–Crippen LogP) is 2.77. The fourth-order valence-corrected chi connectivity index (χ4v) is 4.04. The molecule has 3 heterocycles. The van der Waals surface area contributed by atoms with Crippen LogP contribution in [0.2, 0.25) is 5.15 Å². The lowest BCUT2D eigenvalue weighted by molar-refractivity contribution is 0.0574. The number of anilines is 1. The Labute approximate surface area is 188 Å². The Morgan fingerprint density at radius 3 is 2.84 bits per heavy atom. The fourth-order valence-electron chi connectivity index (χ4n) is 3.67. The molecule has 2 aromatic heterocycles. The van der Waals surface area contributed by atoms with Gasteiger partial charge in [0.1, 0.15) is 17.5 Å². The van der Waals surface area contributed by atoms with E-state index in [4.69, 9.17) is 23.2 Å². The van der Waals surface area contributed by atoms with E-state index in [1.54, 1.807) is 12.2 Å². The van der Waals surface area contributed by atoms with Gasteiger partial charge in [0.2, 0.25) is 0 Å². The third-order valence-electron chi connectivity index (χ3n) is 5.25. The number of hydrogen-bond donors (Lipinski definition) is 2. The Kier molecular flexibility index (Phi) is 5.69. The Balaban J connectivity index is 2.00. The summed E-state index contributed by atoms with van der Waals surface area (Å²) in [6.45, 7) is 5.50. The number of aliphatic hydroxyl groups is 2. The molecular formula is C21H18Cl2N6O2. The monoisotopic (exact) mass is 456 g/mol. The van der Waals surface area contributed by atoms with Crippen molar-refractivity contribution in [1.29, 1.82) is 5.26 Å². The zero-order valence-corrected chi connectivity index (χ0v) is 18.0. The van der Waals surface area contributed by atoms with Crippen LogP contribution in [-0.4, -0.2) is 55.8 Å². The smallest absolute Gasteiger partial charge is 0.177 e. The molecule has 8 nitrogen and oxygen atoms in total. The van der Waals surface area contributed by atoms with Gasteiger partial charge >= 0.3 is 0 Å². The molecule has 2 atom stereocenters. The van der Waals surface area contributed by atoms with Crippen molar-refractivity contribution in [2.75, 3.05) is 18.1 Å². The molecule has 158 valence electrons. The van der Waals surface area contributed by atoms with Crippen molar-refractivity contribution in [3.8, 4) is 6.07 Å². The van der Waals surface area contributed by atoms with E-state index in [0.29, 0.717) is 33.5 Å². The van der Waals surface area contributed by atoms with Crippen LogP contribution in [0.25, 0.3) is 11.7 Å². The van der Waals surface area contributed by atoms with E-state index in [2.05, 4.69) is 21.7 Å². The van der Waals surface area contributed by atoms with Crippen LogP contribution >= 0.6 is 23.2 Å². The maximum atomic E-state index is 10.1. The number of aryl methyl sites for hydroxylation is 1. The van der Waals surface area contributed by atoms with E-state index < -0.39 is 12.1 Å². The van der Waals surface area contributed by atoms with Crippen molar-refractivity contribution in [1.82, 2.24) is 14.6 Å². The molecule has 2 aliphatic rings. The molecular weight excluding hydrogens is 439 g/mol. The Morgan fingerprint density at radius 2 is 2.19 bits per heavy atom. The number of allylic oxidation sites excluding steroid dienone is 5. The highest BCUT2D eigenvalue weighted by molar-refractivity contribution is 6.35. The second-order valence-corrected chi connectivity index (χ2v) is 7.87. The standard InChI is InChI=1S/C21H18Cl2N6O2/c1-3-25-16-7-13(22)5-4-12(16)6-14-11(2)26-20-15(8-24)19(23)27-29(20)21(14)28-9-18(31)17(28)10-30/h3-7,17-18,30-31H,1,9-10H2,2H3/b12-6+,25-16?. The molecule has 0 spiro atoms. The van der Waals surface area contributed by atoms with E-state index in [0.717, 1.165) is 5.57 Å².